The Morgan fingerprint density at radius 2 is 1.75 bits per heavy atom. The molecule has 1 atom stereocenters. The topological polar surface area (TPSA) is 32.7 Å². The number of β-amino-alcohol motifs (C(OH)–C–C–N with tert-alkyl or cyclic N) is 1. The van der Waals surface area contributed by atoms with Crippen molar-refractivity contribution in [3.05, 3.63) is 64.2 Å². The van der Waals surface area contributed by atoms with Gasteiger partial charge < -0.3 is 9.84 Å². The van der Waals surface area contributed by atoms with Gasteiger partial charge in [0.25, 0.3) is 0 Å². The molecule has 128 valence electrons. The molecule has 3 heteroatoms. The molecule has 3 rings (SSSR count). The SMILES string of the molecule is Cc1ccc(C)c(OC[C@@H](O)CN2CCc3ccccc3C2)c1C. The molecule has 2 aromatic carbocycles. The Bertz CT molecular complexity index is 711. The molecule has 0 fully saturated rings. The van der Waals surface area contributed by atoms with Crippen LogP contribution in [0.15, 0.2) is 36.4 Å². The second-order valence-corrected chi connectivity index (χ2v) is 6.87. The quantitative estimate of drug-likeness (QED) is 0.914. The van der Waals surface area contributed by atoms with Crippen LogP contribution in [0.1, 0.15) is 27.8 Å². The lowest BCUT2D eigenvalue weighted by Gasteiger charge is -2.30. The Balaban J connectivity index is 1.56. The number of aryl methyl sites for hydroxylation is 2. The van der Waals surface area contributed by atoms with Crippen molar-refractivity contribution in [3.8, 4) is 5.75 Å². The minimum atomic E-state index is -0.477. The summed E-state index contributed by atoms with van der Waals surface area (Å²) in [7, 11) is 0. The molecule has 1 aliphatic rings. The largest absolute Gasteiger partial charge is 0.490 e. The zero-order valence-electron chi connectivity index (χ0n) is 14.9. The molecular formula is C21H27NO2. The average molecular weight is 325 g/mol. The van der Waals surface area contributed by atoms with Crippen LogP contribution < -0.4 is 4.74 Å². The Morgan fingerprint density at radius 1 is 1.04 bits per heavy atom. The molecule has 1 N–H and O–H groups in total. The lowest BCUT2D eigenvalue weighted by molar-refractivity contribution is 0.0633. The zero-order chi connectivity index (χ0) is 17.1. The Hall–Kier alpha value is -1.84. The molecule has 0 unspecified atom stereocenters. The van der Waals surface area contributed by atoms with E-state index in [1.165, 1.54) is 16.7 Å². The summed E-state index contributed by atoms with van der Waals surface area (Å²) in [5, 5.41) is 10.4. The number of rotatable bonds is 5. The first-order chi connectivity index (χ1) is 11.5. The first kappa shape index (κ1) is 17.0. The number of ether oxygens (including phenoxy) is 1. The molecule has 0 aliphatic carbocycles. The summed E-state index contributed by atoms with van der Waals surface area (Å²) >= 11 is 0. The second kappa shape index (κ2) is 7.37. The van der Waals surface area contributed by atoms with E-state index in [1.54, 1.807) is 0 Å². The number of hydrogen-bond acceptors (Lipinski definition) is 3. The highest BCUT2D eigenvalue weighted by molar-refractivity contribution is 5.44. The molecule has 3 nitrogen and oxygen atoms in total. The third-order valence-corrected chi connectivity index (χ3v) is 4.97. The maximum absolute atomic E-state index is 10.4. The van der Waals surface area contributed by atoms with E-state index < -0.39 is 6.10 Å². The van der Waals surface area contributed by atoms with Crippen LogP contribution in [-0.2, 0) is 13.0 Å². The summed E-state index contributed by atoms with van der Waals surface area (Å²) in [6, 6.07) is 12.8. The van der Waals surface area contributed by atoms with Crippen molar-refractivity contribution in [2.45, 2.75) is 39.8 Å². The fraction of sp³-hybridized carbons (Fsp3) is 0.429. The molecular weight excluding hydrogens is 298 g/mol. The van der Waals surface area contributed by atoms with E-state index in [-0.39, 0.29) is 0 Å². The van der Waals surface area contributed by atoms with Crippen LogP contribution in [0.5, 0.6) is 5.75 Å². The summed E-state index contributed by atoms with van der Waals surface area (Å²) < 4.78 is 5.94. The van der Waals surface area contributed by atoms with Crippen LogP contribution in [0.4, 0.5) is 0 Å². The highest BCUT2D eigenvalue weighted by Crippen LogP contribution is 2.26. The van der Waals surface area contributed by atoms with Crippen LogP contribution in [0.2, 0.25) is 0 Å². The lowest BCUT2D eigenvalue weighted by atomic mass is 10.00. The fourth-order valence-corrected chi connectivity index (χ4v) is 3.39. The van der Waals surface area contributed by atoms with E-state index in [4.69, 9.17) is 4.74 Å². The molecule has 2 aromatic rings. The van der Waals surface area contributed by atoms with Crippen LogP contribution in [-0.4, -0.2) is 35.8 Å². The summed E-state index contributed by atoms with van der Waals surface area (Å²) in [5.41, 5.74) is 6.32. The van der Waals surface area contributed by atoms with Gasteiger partial charge in [-0.2, -0.15) is 0 Å². The molecule has 0 aromatic heterocycles. The van der Waals surface area contributed by atoms with E-state index in [0.717, 1.165) is 36.4 Å². The molecule has 0 saturated heterocycles. The minimum Gasteiger partial charge on any atom is -0.490 e. The third kappa shape index (κ3) is 3.80. The lowest BCUT2D eigenvalue weighted by Crippen LogP contribution is -2.38. The zero-order valence-corrected chi connectivity index (χ0v) is 14.9. The van der Waals surface area contributed by atoms with Crippen molar-refractivity contribution < 1.29 is 9.84 Å². The summed E-state index contributed by atoms with van der Waals surface area (Å²) in [6.45, 7) is 9.11. The first-order valence-electron chi connectivity index (χ1n) is 8.71. The number of nitrogens with zero attached hydrogens (tertiary/aromatic N) is 1. The van der Waals surface area contributed by atoms with Gasteiger partial charge in [-0.3, -0.25) is 4.90 Å². The minimum absolute atomic E-state index is 0.337. The molecule has 1 heterocycles. The van der Waals surface area contributed by atoms with Crippen molar-refractivity contribution in [3.63, 3.8) is 0 Å². The smallest absolute Gasteiger partial charge is 0.125 e. The van der Waals surface area contributed by atoms with Crippen LogP contribution in [0.3, 0.4) is 0 Å². The Kier molecular flexibility index (Phi) is 5.22. The van der Waals surface area contributed by atoms with Gasteiger partial charge in [0.2, 0.25) is 0 Å². The van der Waals surface area contributed by atoms with Gasteiger partial charge in [-0.1, -0.05) is 36.4 Å². The number of fused-ring (bicyclic) bond motifs is 1. The third-order valence-electron chi connectivity index (χ3n) is 4.97. The summed E-state index contributed by atoms with van der Waals surface area (Å²) in [4.78, 5) is 2.31. The van der Waals surface area contributed by atoms with Gasteiger partial charge in [0.1, 0.15) is 18.5 Å². The van der Waals surface area contributed by atoms with Gasteiger partial charge in [0.05, 0.1) is 0 Å². The molecule has 0 radical (unpaired) electrons. The molecule has 0 saturated carbocycles. The highest BCUT2D eigenvalue weighted by Gasteiger charge is 2.19. The predicted octanol–water partition coefficient (Wildman–Crippen LogP) is 3.41. The predicted molar refractivity (Wildman–Crippen MR) is 97.6 cm³/mol. The monoisotopic (exact) mass is 325 g/mol. The molecule has 24 heavy (non-hydrogen) atoms. The normalized spacial score (nSPS) is 15.8. The number of hydrogen-bond donors (Lipinski definition) is 1. The van der Waals surface area contributed by atoms with Crippen LogP contribution >= 0.6 is 0 Å². The van der Waals surface area contributed by atoms with Gasteiger partial charge in [-0.05, 0) is 55.0 Å². The molecule has 1 aliphatic heterocycles. The standard InChI is InChI=1S/C21H27NO2/c1-15-8-9-16(2)21(17(15)3)24-14-20(23)13-22-11-10-18-6-4-5-7-19(18)12-22/h4-9,20,23H,10-14H2,1-3H3/t20-/m0/s1. The van der Waals surface area contributed by atoms with Crippen molar-refractivity contribution in [2.75, 3.05) is 19.7 Å². The summed E-state index contributed by atoms with van der Waals surface area (Å²) in [5.74, 6) is 0.915. The van der Waals surface area contributed by atoms with E-state index >= 15 is 0 Å². The summed E-state index contributed by atoms with van der Waals surface area (Å²) in [6.07, 6.45) is 0.578. The first-order valence-corrected chi connectivity index (χ1v) is 8.71. The van der Waals surface area contributed by atoms with E-state index in [2.05, 4.69) is 62.1 Å². The van der Waals surface area contributed by atoms with E-state index in [0.29, 0.717) is 13.2 Å². The fourth-order valence-electron chi connectivity index (χ4n) is 3.39. The van der Waals surface area contributed by atoms with E-state index in [9.17, 15) is 5.11 Å². The highest BCUT2D eigenvalue weighted by atomic mass is 16.5. The Labute approximate surface area is 144 Å². The second-order valence-electron chi connectivity index (χ2n) is 6.87. The van der Waals surface area contributed by atoms with Gasteiger partial charge in [0, 0.05) is 19.6 Å². The van der Waals surface area contributed by atoms with Gasteiger partial charge in [-0.25, -0.2) is 0 Å². The van der Waals surface area contributed by atoms with Gasteiger partial charge in [0.15, 0.2) is 0 Å². The molecule has 0 amide bonds. The van der Waals surface area contributed by atoms with Crippen LogP contribution in [0, 0.1) is 20.8 Å². The molecule has 0 bridgehead atoms. The number of benzene rings is 2. The van der Waals surface area contributed by atoms with Crippen molar-refractivity contribution >= 4 is 0 Å². The van der Waals surface area contributed by atoms with Crippen molar-refractivity contribution in [2.24, 2.45) is 0 Å². The van der Waals surface area contributed by atoms with E-state index in [1.807, 2.05) is 0 Å². The molecule has 0 spiro atoms. The number of aliphatic hydroxyl groups is 1. The van der Waals surface area contributed by atoms with Crippen LogP contribution in [0.25, 0.3) is 0 Å². The number of aliphatic hydroxyl groups excluding tert-OH is 1. The maximum Gasteiger partial charge on any atom is 0.125 e. The van der Waals surface area contributed by atoms with Crippen molar-refractivity contribution in [1.29, 1.82) is 0 Å². The van der Waals surface area contributed by atoms with Crippen molar-refractivity contribution in [1.82, 2.24) is 4.90 Å². The van der Waals surface area contributed by atoms with Gasteiger partial charge in [-0.15, -0.1) is 0 Å². The van der Waals surface area contributed by atoms with Gasteiger partial charge >= 0.3 is 0 Å². The maximum atomic E-state index is 10.4. The average Bonchev–Trinajstić information content (AvgIpc) is 2.58. The Morgan fingerprint density at radius 3 is 2.54 bits per heavy atom.